The largest absolute Gasteiger partial charge is 0.320 e. The van der Waals surface area contributed by atoms with Crippen molar-refractivity contribution in [1.82, 2.24) is 9.97 Å². The summed E-state index contributed by atoms with van der Waals surface area (Å²) in [5, 5.41) is 2.10. The molecule has 0 amide bonds. The van der Waals surface area contributed by atoms with E-state index in [4.69, 9.17) is 5.73 Å². The molecule has 16 heavy (non-hydrogen) atoms. The summed E-state index contributed by atoms with van der Waals surface area (Å²) in [6, 6.07) is 4.16. The van der Waals surface area contributed by atoms with Gasteiger partial charge in [-0.2, -0.15) is 0 Å². The van der Waals surface area contributed by atoms with Gasteiger partial charge < -0.3 is 5.73 Å². The Bertz CT molecular complexity index is 571. The third kappa shape index (κ3) is 1.63. The van der Waals surface area contributed by atoms with E-state index in [2.05, 4.69) is 27.5 Å². The lowest BCUT2D eigenvalue weighted by Crippen LogP contribution is -2.10. The molecule has 0 aliphatic heterocycles. The molecule has 0 fully saturated rings. The van der Waals surface area contributed by atoms with Crippen LogP contribution in [0, 0.1) is 0 Å². The van der Waals surface area contributed by atoms with Crippen LogP contribution in [0.15, 0.2) is 36.2 Å². The molecule has 0 aliphatic carbocycles. The Balaban J connectivity index is 2.01. The van der Waals surface area contributed by atoms with Crippen LogP contribution in [0.5, 0.6) is 0 Å². The smallest absolute Gasteiger partial charge is 0.115 e. The first-order valence-electron chi connectivity index (χ1n) is 4.82. The normalized spacial score (nSPS) is 13.1. The van der Waals surface area contributed by atoms with Crippen LogP contribution in [0.2, 0.25) is 0 Å². The first kappa shape index (κ1) is 9.89. The van der Waals surface area contributed by atoms with E-state index in [0.717, 1.165) is 10.4 Å². The monoisotopic (exact) mass is 247 g/mol. The number of nitrogens with zero attached hydrogens (tertiary/aromatic N) is 2. The molecule has 5 heteroatoms. The summed E-state index contributed by atoms with van der Waals surface area (Å²) in [6.07, 6.45) is 5.06. The predicted octanol–water partition coefficient (Wildman–Crippen LogP) is 2.80. The third-order valence-corrected chi connectivity index (χ3v) is 4.58. The molecular weight excluding hydrogens is 238 g/mol. The van der Waals surface area contributed by atoms with Crippen LogP contribution in [0.3, 0.4) is 0 Å². The topological polar surface area (TPSA) is 51.8 Å². The lowest BCUT2D eigenvalue weighted by atomic mass is 10.1. The van der Waals surface area contributed by atoms with Crippen molar-refractivity contribution in [2.75, 3.05) is 0 Å². The second-order valence-electron chi connectivity index (χ2n) is 3.45. The van der Waals surface area contributed by atoms with E-state index >= 15 is 0 Å². The Morgan fingerprint density at radius 1 is 1.19 bits per heavy atom. The van der Waals surface area contributed by atoms with Crippen LogP contribution in [-0.2, 0) is 0 Å². The molecule has 3 aromatic rings. The number of fused-ring (bicyclic) bond motifs is 1. The molecule has 3 heterocycles. The van der Waals surface area contributed by atoms with Crippen molar-refractivity contribution < 1.29 is 0 Å². The Kier molecular flexibility index (Phi) is 2.43. The fourth-order valence-corrected chi connectivity index (χ4v) is 3.72. The molecule has 0 saturated carbocycles. The molecule has 3 nitrogen and oxygen atoms in total. The minimum Gasteiger partial charge on any atom is -0.320 e. The molecular formula is C11H9N3S2. The molecule has 0 aliphatic rings. The highest BCUT2D eigenvalue weighted by atomic mass is 32.1. The summed E-state index contributed by atoms with van der Waals surface area (Å²) in [4.78, 5) is 9.14. The zero-order valence-corrected chi connectivity index (χ0v) is 9.96. The van der Waals surface area contributed by atoms with Gasteiger partial charge >= 0.3 is 0 Å². The van der Waals surface area contributed by atoms with E-state index in [-0.39, 0.29) is 6.04 Å². The highest BCUT2D eigenvalue weighted by Crippen LogP contribution is 2.34. The van der Waals surface area contributed by atoms with Crippen molar-refractivity contribution in [1.29, 1.82) is 0 Å². The standard InChI is InChI=1S/C11H9N3S2/c12-11(7-4-13-6-14-5-7)10-3-9-8(16-10)1-2-15-9/h1-6,11H,12H2. The zero-order chi connectivity index (χ0) is 11.0. The summed E-state index contributed by atoms with van der Waals surface area (Å²) >= 11 is 3.48. The van der Waals surface area contributed by atoms with E-state index in [1.165, 1.54) is 15.7 Å². The summed E-state index contributed by atoms with van der Waals surface area (Å²) in [6.45, 7) is 0. The van der Waals surface area contributed by atoms with Crippen LogP contribution in [0.1, 0.15) is 16.5 Å². The van der Waals surface area contributed by atoms with E-state index in [1.54, 1.807) is 35.1 Å². The van der Waals surface area contributed by atoms with Gasteiger partial charge in [0.25, 0.3) is 0 Å². The van der Waals surface area contributed by atoms with Crippen molar-refractivity contribution in [2.45, 2.75) is 6.04 Å². The molecule has 0 radical (unpaired) electrons. The fraction of sp³-hybridized carbons (Fsp3) is 0.0909. The highest BCUT2D eigenvalue weighted by Gasteiger charge is 2.13. The first-order chi connectivity index (χ1) is 7.84. The number of aromatic nitrogens is 2. The second kappa shape index (κ2) is 3.93. The molecule has 3 rings (SSSR count). The Morgan fingerprint density at radius 3 is 2.75 bits per heavy atom. The van der Waals surface area contributed by atoms with Crippen molar-refractivity contribution >= 4 is 32.1 Å². The van der Waals surface area contributed by atoms with Crippen molar-refractivity contribution in [2.24, 2.45) is 5.73 Å². The van der Waals surface area contributed by atoms with Crippen LogP contribution >= 0.6 is 22.7 Å². The van der Waals surface area contributed by atoms with Gasteiger partial charge in [0.2, 0.25) is 0 Å². The molecule has 3 aromatic heterocycles. The second-order valence-corrected chi connectivity index (χ2v) is 5.51. The third-order valence-electron chi connectivity index (χ3n) is 2.40. The molecule has 0 saturated heterocycles. The number of rotatable bonds is 2. The van der Waals surface area contributed by atoms with Gasteiger partial charge in [0.05, 0.1) is 6.04 Å². The van der Waals surface area contributed by atoms with Gasteiger partial charge in [-0.1, -0.05) is 0 Å². The van der Waals surface area contributed by atoms with Crippen LogP contribution in [-0.4, -0.2) is 9.97 Å². The van der Waals surface area contributed by atoms with Gasteiger partial charge in [0, 0.05) is 32.2 Å². The molecule has 80 valence electrons. The van der Waals surface area contributed by atoms with Gasteiger partial charge in [-0.3, -0.25) is 0 Å². The average Bonchev–Trinajstić information content (AvgIpc) is 2.89. The van der Waals surface area contributed by atoms with Crippen LogP contribution < -0.4 is 5.73 Å². The quantitative estimate of drug-likeness (QED) is 0.757. The maximum Gasteiger partial charge on any atom is 0.115 e. The van der Waals surface area contributed by atoms with Gasteiger partial charge in [0.1, 0.15) is 6.33 Å². The maximum absolute atomic E-state index is 6.17. The molecule has 0 bridgehead atoms. The SMILES string of the molecule is NC(c1cncnc1)c1cc2sccc2s1. The maximum atomic E-state index is 6.17. The highest BCUT2D eigenvalue weighted by molar-refractivity contribution is 7.26. The average molecular weight is 247 g/mol. The number of thiophene rings is 2. The fourth-order valence-electron chi connectivity index (χ4n) is 1.57. The van der Waals surface area contributed by atoms with Gasteiger partial charge in [-0.25, -0.2) is 9.97 Å². The Labute approximate surface area is 101 Å². The zero-order valence-electron chi connectivity index (χ0n) is 8.33. The van der Waals surface area contributed by atoms with Crippen LogP contribution in [0.25, 0.3) is 9.40 Å². The lowest BCUT2D eigenvalue weighted by Gasteiger charge is -2.07. The Morgan fingerprint density at radius 2 is 2.00 bits per heavy atom. The van der Waals surface area contributed by atoms with Crippen molar-refractivity contribution in [3.05, 3.63) is 46.7 Å². The van der Waals surface area contributed by atoms with Gasteiger partial charge in [-0.15, -0.1) is 22.7 Å². The van der Waals surface area contributed by atoms with Gasteiger partial charge in [-0.05, 0) is 17.5 Å². The lowest BCUT2D eigenvalue weighted by molar-refractivity contribution is 0.870. The summed E-state index contributed by atoms with van der Waals surface area (Å²) < 4.78 is 2.60. The van der Waals surface area contributed by atoms with Crippen LogP contribution in [0.4, 0.5) is 0 Å². The number of nitrogens with two attached hydrogens (primary N) is 1. The minimum atomic E-state index is -0.120. The number of hydrogen-bond acceptors (Lipinski definition) is 5. The first-order valence-corrected chi connectivity index (χ1v) is 6.51. The Hall–Kier alpha value is -1.30. The minimum absolute atomic E-state index is 0.120. The summed E-state index contributed by atoms with van der Waals surface area (Å²) in [5.74, 6) is 0. The molecule has 1 unspecified atom stereocenters. The predicted molar refractivity (Wildman–Crippen MR) is 67.8 cm³/mol. The van der Waals surface area contributed by atoms with E-state index < -0.39 is 0 Å². The summed E-state index contributed by atoms with van der Waals surface area (Å²) in [7, 11) is 0. The molecule has 0 aromatic carbocycles. The van der Waals surface area contributed by atoms with E-state index in [1.807, 2.05) is 0 Å². The van der Waals surface area contributed by atoms with E-state index in [0.29, 0.717) is 0 Å². The van der Waals surface area contributed by atoms with Crippen molar-refractivity contribution in [3.8, 4) is 0 Å². The van der Waals surface area contributed by atoms with Gasteiger partial charge in [0.15, 0.2) is 0 Å². The molecule has 1 atom stereocenters. The van der Waals surface area contributed by atoms with E-state index in [9.17, 15) is 0 Å². The number of hydrogen-bond donors (Lipinski definition) is 1. The van der Waals surface area contributed by atoms with Crippen molar-refractivity contribution in [3.63, 3.8) is 0 Å². The molecule has 0 spiro atoms. The summed E-state index contributed by atoms with van der Waals surface area (Å²) in [5.41, 5.74) is 7.13. The molecule has 2 N–H and O–H groups in total.